The molecule has 156 valence electrons. The standard InChI is InChI=1S/C23H33N5O/c1-18-10-11-19(16-26-18)12-13-25-23(24-2)27-17-21(28-14-6-7-15-28)20-8-4-5-9-22(20)29-3/h4-5,8-11,16,21H,6-7,12-15,17H2,1-3H3,(H2,24,25,27). The van der Waals surface area contributed by atoms with Crippen molar-refractivity contribution in [2.75, 3.05) is 40.3 Å². The lowest BCUT2D eigenvalue weighted by molar-refractivity contribution is 0.239. The number of hydrogen-bond donors (Lipinski definition) is 2. The zero-order valence-corrected chi connectivity index (χ0v) is 17.8. The van der Waals surface area contributed by atoms with Crippen LogP contribution in [0.4, 0.5) is 0 Å². The molecule has 6 heteroatoms. The van der Waals surface area contributed by atoms with Crippen LogP contribution in [0.1, 0.15) is 35.7 Å². The Balaban J connectivity index is 1.59. The van der Waals surface area contributed by atoms with Crippen LogP contribution in [0, 0.1) is 6.92 Å². The summed E-state index contributed by atoms with van der Waals surface area (Å²) in [4.78, 5) is 11.3. The van der Waals surface area contributed by atoms with Gasteiger partial charge in [-0.3, -0.25) is 14.9 Å². The summed E-state index contributed by atoms with van der Waals surface area (Å²) in [6.07, 6.45) is 5.36. The second kappa shape index (κ2) is 10.8. The molecule has 1 aromatic carbocycles. The highest BCUT2D eigenvalue weighted by atomic mass is 16.5. The lowest BCUT2D eigenvalue weighted by atomic mass is 10.0. The number of rotatable bonds is 8. The summed E-state index contributed by atoms with van der Waals surface area (Å²) in [5.74, 6) is 1.77. The van der Waals surface area contributed by atoms with Gasteiger partial charge in [0.1, 0.15) is 5.75 Å². The highest BCUT2D eigenvalue weighted by Crippen LogP contribution is 2.31. The highest BCUT2D eigenvalue weighted by molar-refractivity contribution is 5.79. The summed E-state index contributed by atoms with van der Waals surface area (Å²) in [6, 6.07) is 12.8. The van der Waals surface area contributed by atoms with Gasteiger partial charge in [-0.15, -0.1) is 0 Å². The van der Waals surface area contributed by atoms with Crippen molar-refractivity contribution in [2.24, 2.45) is 4.99 Å². The molecule has 2 heterocycles. The Hall–Kier alpha value is -2.60. The predicted molar refractivity (Wildman–Crippen MR) is 119 cm³/mol. The summed E-state index contributed by atoms with van der Waals surface area (Å²) in [7, 11) is 3.56. The number of aryl methyl sites for hydroxylation is 1. The minimum absolute atomic E-state index is 0.258. The summed E-state index contributed by atoms with van der Waals surface area (Å²) < 4.78 is 5.64. The fraction of sp³-hybridized carbons (Fsp3) is 0.478. The molecule has 6 nitrogen and oxygen atoms in total. The van der Waals surface area contributed by atoms with E-state index in [9.17, 15) is 0 Å². The maximum Gasteiger partial charge on any atom is 0.191 e. The Morgan fingerprint density at radius 1 is 1.17 bits per heavy atom. The van der Waals surface area contributed by atoms with Gasteiger partial charge in [0.25, 0.3) is 0 Å². The van der Waals surface area contributed by atoms with E-state index in [0.717, 1.165) is 50.0 Å². The van der Waals surface area contributed by atoms with Crippen molar-refractivity contribution < 1.29 is 4.74 Å². The lowest BCUT2D eigenvalue weighted by Gasteiger charge is -2.30. The van der Waals surface area contributed by atoms with Crippen molar-refractivity contribution in [2.45, 2.75) is 32.2 Å². The molecule has 1 unspecified atom stereocenters. The molecule has 1 aromatic heterocycles. The third kappa shape index (κ3) is 5.94. The number of methoxy groups -OCH3 is 1. The van der Waals surface area contributed by atoms with E-state index in [1.54, 1.807) is 7.11 Å². The van der Waals surface area contributed by atoms with Crippen LogP contribution in [-0.2, 0) is 6.42 Å². The second-order valence-electron chi connectivity index (χ2n) is 7.44. The van der Waals surface area contributed by atoms with E-state index >= 15 is 0 Å². The largest absolute Gasteiger partial charge is 0.496 e. The molecule has 0 saturated carbocycles. The van der Waals surface area contributed by atoms with Gasteiger partial charge in [0.05, 0.1) is 13.2 Å². The zero-order valence-electron chi connectivity index (χ0n) is 17.8. The molecular weight excluding hydrogens is 362 g/mol. The zero-order chi connectivity index (χ0) is 20.5. The first-order chi connectivity index (χ1) is 14.2. The minimum Gasteiger partial charge on any atom is -0.496 e. The van der Waals surface area contributed by atoms with Gasteiger partial charge in [-0.2, -0.15) is 0 Å². The maximum absolute atomic E-state index is 5.64. The van der Waals surface area contributed by atoms with Gasteiger partial charge >= 0.3 is 0 Å². The molecular formula is C23H33N5O. The number of aromatic nitrogens is 1. The van der Waals surface area contributed by atoms with Gasteiger partial charge in [-0.25, -0.2) is 0 Å². The summed E-state index contributed by atoms with van der Waals surface area (Å²) in [5, 5.41) is 6.94. The molecule has 0 aliphatic carbocycles. The van der Waals surface area contributed by atoms with Crippen LogP contribution >= 0.6 is 0 Å². The fourth-order valence-corrected chi connectivity index (χ4v) is 3.82. The van der Waals surface area contributed by atoms with Gasteiger partial charge in [0, 0.05) is 37.6 Å². The van der Waals surface area contributed by atoms with Crippen LogP contribution in [0.25, 0.3) is 0 Å². The van der Waals surface area contributed by atoms with E-state index in [4.69, 9.17) is 4.74 Å². The van der Waals surface area contributed by atoms with Crippen molar-refractivity contribution in [1.82, 2.24) is 20.5 Å². The topological polar surface area (TPSA) is 61.8 Å². The monoisotopic (exact) mass is 395 g/mol. The average Bonchev–Trinajstić information content (AvgIpc) is 3.29. The van der Waals surface area contributed by atoms with E-state index in [1.807, 2.05) is 32.3 Å². The molecule has 1 aliphatic rings. The molecule has 3 rings (SSSR count). The fourth-order valence-electron chi connectivity index (χ4n) is 3.82. The quantitative estimate of drug-likeness (QED) is 0.532. The molecule has 0 radical (unpaired) electrons. The van der Waals surface area contributed by atoms with Crippen LogP contribution in [0.5, 0.6) is 5.75 Å². The van der Waals surface area contributed by atoms with Crippen molar-refractivity contribution in [1.29, 1.82) is 0 Å². The number of guanidine groups is 1. The van der Waals surface area contributed by atoms with Crippen LogP contribution in [0.15, 0.2) is 47.6 Å². The number of benzene rings is 1. The Morgan fingerprint density at radius 2 is 1.97 bits per heavy atom. The van der Waals surface area contributed by atoms with E-state index < -0.39 is 0 Å². The van der Waals surface area contributed by atoms with Crippen LogP contribution in [-0.4, -0.2) is 56.2 Å². The van der Waals surface area contributed by atoms with Gasteiger partial charge in [0.2, 0.25) is 0 Å². The average molecular weight is 396 g/mol. The van der Waals surface area contributed by atoms with Crippen LogP contribution < -0.4 is 15.4 Å². The molecule has 1 aliphatic heterocycles. The number of nitrogens with one attached hydrogen (secondary N) is 2. The molecule has 2 aromatic rings. The van der Waals surface area contributed by atoms with Gasteiger partial charge < -0.3 is 15.4 Å². The first-order valence-corrected chi connectivity index (χ1v) is 10.4. The van der Waals surface area contributed by atoms with Gasteiger partial charge in [-0.05, 0) is 57.0 Å². The van der Waals surface area contributed by atoms with Crippen LogP contribution in [0.3, 0.4) is 0 Å². The third-order valence-corrected chi connectivity index (χ3v) is 5.44. The van der Waals surface area contributed by atoms with Crippen molar-refractivity contribution in [3.8, 4) is 5.75 Å². The molecule has 2 N–H and O–H groups in total. The Bertz CT molecular complexity index is 784. The van der Waals surface area contributed by atoms with Gasteiger partial charge in [-0.1, -0.05) is 24.3 Å². The number of ether oxygens (including phenoxy) is 1. The number of nitrogens with zero attached hydrogens (tertiary/aromatic N) is 3. The molecule has 0 amide bonds. The van der Waals surface area contributed by atoms with E-state index in [-0.39, 0.29) is 6.04 Å². The molecule has 29 heavy (non-hydrogen) atoms. The van der Waals surface area contributed by atoms with Crippen molar-refractivity contribution >= 4 is 5.96 Å². The number of likely N-dealkylation sites (tertiary alicyclic amines) is 1. The van der Waals surface area contributed by atoms with E-state index in [2.05, 4.69) is 49.8 Å². The first kappa shape index (κ1) is 21.1. The summed E-state index contributed by atoms with van der Waals surface area (Å²) >= 11 is 0. The maximum atomic E-state index is 5.64. The summed E-state index contributed by atoms with van der Waals surface area (Å²) in [6.45, 7) is 5.85. The SMILES string of the molecule is CN=C(NCCc1ccc(C)nc1)NCC(c1ccccc1OC)N1CCCC1. The number of pyridine rings is 1. The molecule has 1 saturated heterocycles. The van der Waals surface area contributed by atoms with Crippen LogP contribution in [0.2, 0.25) is 0 Å². The van der Waals surface area contributed by atoms with Crippen molar-refractivity contribution in [3.63, 3.8) is 0 Å². The lowest BCUT2D eigenvalue weighted by Crippen LogP contribution is -2.43. The van der Waals surface area contributed by atoms with Crippen molar-refractivity contribution in [3.05, 3.63) is 59.4 Å². The predicted octanol–water partition coefficient (Wildman–Crippen LogP) is 2.94. The normalized spacial score (nSPS) is 15.9. The minimum atomic E-state index is 0.258. The molecule has 0 bridgehead atoms. The first-order valence-electron chi connectivity index (χ1n) is 10.4. The summed E-state index contributed by atoms with van der Waals surface area (Å²) in [5.41, 5.74) is 3.50. The molecule has 1 fully saturated rings. The Kier molecular flexibility index (Phi) is 7.87. The Morgan fingerprint density at radius 3 is 2.66 bits per heavy atom. The third-order valence-electron chi connectivity index (χ3n) is 5.44. The number of para-hydroxylation sites is 1. The highest BCUT2D eigenvalue weighted by Gasteiger charge is 2.25. The molecule has 0 spiro atoms. The van der Waals surface area contributed by atoms with E-state index in [1.165, 1.54) is 24.0 Å². The van der Waals surface area contributed by atoms with E-state index in [0.29, 0.717) is 0 Å². The van der Waals surface area contributed by atoms with Gasteiger partial charge in [0.15, 0.2) is 5.96 Å². The number of hydrogen-bond acceptors (Lipinski definition) is 4. The number of aliphatic imine (C=N–C) groups is 1. The Labute approximate surface area is 174 Å². The molecule has 1 atom stereocenters. The second-order valence-corrected chi connectivity index (χ2v) is 7.44. The smallest absolute Gasteiger partial charge is 0.191 e.